The van der Waals surface area contributed by atoms with Crippen molar-refractivity contribution in [2.24, 2.45) is 0 Å². The second-order valence-corrected chi connectivity index (χ2v) is 7.80. The molecule has 0 amide bonds. The lowest BCUT2D eigenvalue weighted by atomic mass is 9.99. The molecule has 32 heavy (non-hydrogen) atoms. The number of rotatable bonds is 15. The van der Waals surface area contributed by atoms with E-state index in [4.69, 9.17) is 14.2 Å². The van der Waals surface area contributed by atoms with E-state index in [1.807, 2.05) is 37.3 Å². The maximum Gasteiger partial charge on any atom is 0.185 e. The molecule has 0 spiro atoms. The summed E-state index contributed by atoms with van der Waals surface area (Å²) in [5, 5.41) is 0. The summed E-state index contributed by atoms with van der Waals surface area (Å²) in [6.07, 6.45) is 9.58. The first kappa shape index (κ1) is 25.5. The summed E-state index contributed by atoms with van der Waals surface area (Å²) in [6.45, 7) is 10.4. The van der Waals surface area contributed by atoms with E-state index in [-0.39, 0.29) is 5.78 Å². The SMILES string of the molecule is CCCCOc1cc(/C=C/C(=O)c2ccc(OCC)cc2)c(CCC)c(OCCCC)c1. The summed E-state index contributed by atoms with van der Waals surface area (Å²) in [6, 6.07) is 11.3. The second-order valence-electron chi connectivity index (χ2n) is 7.80. The fraction of sp³-hybridized carbons (Fsp3) is 0.464. The Morgan fingerprint density at radius 2 is 1.50 bits per heavy atom. The molecule has 0 aromatic heterocycles. The lowest BCUT2D eigenvalue weighted by Crippen LogP contribution is -2.04. The van der Waals surface area contributed by atoms with Crippen molar-refractivity contribution in [3.63, 3.8) is 0 Å². The van der Waals surface area contributed by atoms with E-state index in [1.165, 1.54) is 0 Å². The first-order valence-corrected chi connectivity index (χ1v) is 12.0. The van der Waals surface area contributed by atoms with E-state index < -0.39 is 0 Å². The maximum absolute atomic E-state index is 12.8. The Morgan fingerprint density at radius 3 is 2.12 bits per heavy atom. The number of hydrogen-bond acceptors (Lipinski definition) is 4. The Hall–Kier alpha value is -2.75. The van der Waals surface area contributed by atoms with Crippen LogP contribution < -0.4 is 14.2 Å². The molecule has 2 aromatic rings. The molecule has 0 atom stereocenters. The fourth-order valence-corrected chi connectivity index (χ4v) is 3.32. The largest absolute Gasteiger partial charge is 0.494 e. The first-order valence-electron chi connectivity index (χ1n) is 12.0. The molecule has 0 aliphatic heterocycles. The summed E-state index contributed by atoms with van der Waals surface area (Å²) < 4.78 is 17.6. The number of ketones is 1. The molecule has 2 rings (SSSR count). The summed E-state index contributed by atoms with van der Waals surface area (Å²) in [4.78, 5) is 12.8. The van der Waals surface area contributed by atoms with Gasteiger partial charge in [-0.15, -0.1) is 0 Å². The van der Waals surface area contributed by atoms with Crippen LogP contribution in [0.25, 0.3) is 6.08 Å². The Morgan fingerprint density at radius 1 is 0.812 bits per heavy atom. The topological polar surface area (TPSA) is 44.8 Å². The average Bonchev–Trinajstić information content (AvgIpc) is 2.80. The highest BCUT2D eigenvalue weighted by Gasteiger charge is 2.12. The van der Waals surface area contributed by atoms with Gasteiger partial charge in [0.25, 0.3) is 0 Å². The molecule has 4 nitrogen and oxygen atoms in total. The molecule has 0 N–H and O–H groups in total. The lowest BCUT2D eigenvalue weighted by molar-refractivity contribution is 0.104. The highest BCUT2D eigenvalue weighted by atomic mass is 16.5. The monoisotopic (exact) mass is 438 g/mol. The maximum atomic E-state index is 12.8. The zero-order valence-corrected chi connectivity index (χ0v) is 20.1. The predicted octanol–water partition coefficient (Wildman–Crippen LogP) is 7.29. The number of allylic oxidation sites excluding steroid dienone is 1. The minimum absolute atomic E-state index is 0.0405. The molecule has 0 aliphatic rings. The van der Waals surface area contributed by atoms with Crippen LogP contribution in [0.15, 0.2) is 42.5 Å². The van der Waals surface area contributed by atoms with Gasteiger partial charge < -0.3 is 14.2 Å². The van der Waals surface area contributed by atoms with Gasteiger partial charge >= 0.3 is 0 Å². The van der Waals surface area contributed by atoms with Gasteiger partial charge in [-0.1, -0.05) is 46.1 Å². The molecule has 0 heterocycles. The van der Waals surface area contributed by atoms with Gasteiger partial charge in [-0.3, -0.25) is 4.79 Å². The molecule has 4 heteroatoms. The highest BCUT2D eigenvalue weighted by molar-refractivity contribution is 6.07. The average molecular weight is 439 g/mol. The van der Waals surface area contributed by atoms with Crippen LogP contribution in [0.3, 0.4) is 0 Å². The molecule has 0 fully saturated rings. The van der Waals surface area contributed by atoms with Crippen LogP contribution in [0.1, 0.15) is 81.3 Å². The minimum Gasteiger partial charge on any atom is -0.494 e. The Bertz CT molecular complexity index is 852. The quantitative estimate of drug-likeness (QED) is 0.166. The summed E-state index contributed by atoms with van der Waals surface area (Å²) >= 11 is 0. The van der Waals surface area contributed by atoms with E-state index in [0.717, 1.165) is 66.9 Å². The van der Waals surface area contributed by atoms with Crippen molar-refractivity contribution in [3.05, 3.63) is 59.2 Å². The molecular formula is C28H38O4. The van der Waals surface area contributed by atoms with Crippen molar-refractivity contribution in [2.45, 2.75) is 66.2 Å². The molecule has 0 saturated carbocycles. The molecule has 0 radical (unpaired) electrons. The van der Waals surface area contributed by atoms with Gasteiger partial charge in [-0.05, 0) is 68.2 Å². The van der Waals surface area contributed by atoms with Gasteiger partial charge in [0.1, 0.15) is 17.2 Å². The molecule has 0 bridgehead atoms. The lowest BCUT2D eigenvalue weighted by Gasteiger charge is -2.16. The summed E-state index contributed by atoms with van der Waals surface area (Å²) in [5.74, 6) is 2.38. The highest BCUT2D eigenvalue weighted by Crippen LogP contribution is 2.32. The van der Waals surface area contributed by atoms with Crippen molar-refractivity contribution in [1.29, 1.82) is 0 Å². The van der Waals surface area contributed by atoms with E-state index in [0.29, 0.717) is 25.4 Å². The zero-order valence-electron chi connectivity index (χ0n) is 20.1. The minimum atomic E-state index is -0.0405. The standard InChI is InChI=1S/C28H38O4/c1-5-9-18-31-25-20-23(26(11-7-3)28(21-25)32-19-10-6-2)14-17-27(29)22-12-15-24(16-13-22)30-8-4/h12-17,20-21H,5-11,18-19H2,1-4H3/b17-14+. The van der Waals surface area contributed by atoms with Gasteiger partial charge in [-0.25, -0.2) is 0 Å². The van der Waals surface area contributed by atoms with Crippen LogP contribution >= 0.6 is 0 Å². The molecule has 174 valence electrons. The number of carbonyl (C=O) groups excluding carboxylic acids is 1. The van der Waals surface area contributed by atoms with Crippen LogP contribution in [-0.2, 0) is 6.42 Å². The van der Waals surface area contributed by atoms with E-state index >= 15 is 0 Å². The number of carbonyl (C=O) groups is 1. The number of hydrogen-bond donors (Lipinski definition) is 0. The van der Waals surface area contributed by atoms with Crippen LogP contribution in [0.4, 0.5) is 0 Å². The fourth-order valence-electron chi connectivity index (χ4n) is 3.32. The van der Waals surface area contributed by atoms with E-state index in [9.17, 15) is 4.79 Å². The molecule has 0 saturated heterocycles. The third-order valence-corrected chi connectivity index (χ3v) is 5.10. The van der Waals surface area contributed by atoms with Crippen LogP contribution in [-0.4, -0.2) is 25.6 Å². The van der Waals surface area contributed by atoms with Gasteiger partial charge in [0.2, 0.25) is 0 Å². The van der Waals surface area contributed by atoms with Gasteiger partial charge in [0.05, 0.1) is 19.8 Å². The summed E-state index contributed by atoms with van der Waals surface area (Å²) in [7, 11) is 0. The molecular weight excluding hydrogens is 400 g/mol. The molecule has 2 aromatic carbocycles. The van der Waals surface area contributed by atoms with Crippen LogP contribution in [0.2, 0.25) is 0 Å². The second kappa shape index (κ2) is 14.3. The van der Waals surface area contributed by atoms with Crippen LogP contribution in [0, 0.1) is 0 Å². The Labute approximate surface area is 193 Å². The van der Waals surface area contributed by atoms with Gasteiger partial charge in [0, 0.05) is 17.2 Å². The van der Waals surface area contributed by atoms with E-state index in [1.54, 1.807) is 18.2 Å². The van der Waals surface area contributed by atoms with Gasteiger partial charge in [-0.2, -0.15) is 0 Å². The molecule has 0 aliphatic carbocycles. The molecule has 0 unspecified atom stereocenters. The van der Waals surface area contributed by atoms with Crippen LogP contribution in [0.5, 0.6) is 17.2 Å². The predicted molar refractivity (Wildman–Crippen MR) is 132 cm³/mol. The normalized spacial score (nSPS) is 11.0. The first-order chi connectivity index (χ1) is 15.6. The summed E-state index contributed by atoms with van der Waals surface area (Å²) in [5.41, 5.74) is 2.74. The van der Waals surface area contributed by atoms with Crippen molar-refractivity contribution in [3.8, 4) is 17.2 Å². The Balaban J connectivity index is 2.31. The third kappa shape index (κ3) is 8.07. The third-order valence-electron chi connectivity index (χ3n) is 5.10. The van der Waals surface area contributed by atoms with E-state index in [2.05, 4.69) is 20.8 Å². The number of ether oxygens (including phenoxy) is 3. The van der Waals surface area contributed by atoms with Crippen molar-refractivity contribution >= 4 is 11.9 Å². The van der Waals surface area contributed by atoms with Gasteiger partial charge in [0.15, 0.2) is 5.78 Å². The van der Waals surface area contributed by atoms with Crippen molar-refractivity contribution in [1.82, 2.24) is 0 Å². The number of unbranched alkanes of at least 4 members (excludes halogenated alkanes) is 2. The smallest absolute Gasteiger partial charge is 0.185 e. The van der Waals surface area contributed by atoms with Crippen molar-refractivity contribution in [2.75, 3.05) is 19.8 Å². The van der Waals surface area contributed by atoms with Crippen molar-refractivity contribution < 1.29 is 19.0 Å². The Kier molecular flexibility index (Phi) is 11.4. The number of benzene rings is 2. The zero-order chi connectivity index (χ0) is 23.2.